The maximum atomic E-state index is 5.66. The average Bonchev–Trinajstić information content (AvgIpc) is 2.87. The van der Waals surface area contributed by atoms with Crippen molar-refractivity contribution >= 4 is 5.95 Å². The van der Waals surface area contributed by atoms with Gasteiger partial charge in [0.05, 0.1) is 0 Å². The summed E-state index contributed by atoms with van der Waals surface area (Å²) in [4.78, 5) is 8.32. The Morgan fingerprint density at radius 3 is 3.05 bits per heavy atom. The summed E-state index contributed by atoms with van der Waals surface area (Å²) >= 11 is 0. The highest BCUT2D eigenvalue weighted by molar-refractivity contribution is 5.47. The van der Waals surface area contributed by atoms with Gasteiger partial charge in [0.1, 0.15) is 5.75 Å². The normalized spacial score (nSPS) is 12.3. The maximum Gasteiger partial charge on any atom is 0.231 e. The van der Waals surface area contributed by atoms with Crippen LogP contribution in [0.25, 0.3) is 0 Å². The highest BCUT2D eigenvalue weighted by atomic mass is 16.7. The van der Waals surface area contributed by atoms with E-state index in [0.29, 0.717) is 23.3 Å². The fourth-order valence-corrected chi connectivity index (χ4v) is 1.70. The maximum absolute atomic E-state index is 5.66. The number of hydrogen-bond acceptors (Lipinski definition) is 6. The molecule has 6 heteroatoms. The third-order valence-electron chi connectivity index (χ3n) is 2.53. The molecule has 0 radical (unpaired) electrons. The number of hydrogen-bond donors (Lipinski definition) is 1. The molecule has 0 aliphatic carbocycles. The molecular formula is C13H13N3O3. The van der Waals surface area contributed by atoms with Crippen molar-refractivity contribution in [3.8, 4) is 23.1 Å². The largest absolute Gasteiger partial charge is 0.454 e. The van der Waals surface area contributed by atoms with E-state index in [1.807, 2.05) is 19.1 Å². The van der Waals surface area contributed by atoms with E-state index in [1.54, 1.807) is 18.3 Å². The molecule has 0 spiro atoms. The van der Waals surface area contributed by atoms with Crippen LogP contribution in [-0.4, -0.2) is 23.3 Å². The summed E-state index contributed by atoms with van der Waals surface area (Å²) in [6.07, 6.45) is 1.65. The molecule has 0 fully saturated rings. The molecule has 1 aliphatic heterocycles. The van der Waals surface area contributed by atoms with Crippen molar-refractivity contribution in [3.05, 3.63) is 30.5 Å². The van der Waals surface area contributed by atoms with Crippen molar-refractivity contribution in [1.29, 1.82) is 0 Å². The first-order chi connectivity index (χ1) is 9.35. The number of nitrogens with zero attached hydrogens (tertiary/aromatic N) is 2. The van der Waals surface area contributed by atoms with E-state index in [0.717, 1.165) is 12.3 Å². The molecule has 1 aromatic heterocycles. The zero-order chi connectivity index (χ0) is 13.1. The topological polar surface area (TPSA) is 65.5 Å². The second-order valence-electron chi connectivity index (χ2n) is 3.87. The van der Waals surface area contributed by atoms with Gasteiger partial charge in [-0.3, -0.25) is 0 Å². The molecule has 3 rings (SSSR count). The molecule has 19 heavy (non-hydrogen) atoms. The lowest BCUT2D eigenvalue weighted by molar-refractivity contribution is 0.174. The van der Waals surface area contributed by atoms with Gasteiger partial charge in [-0.1, -0.05) is 0 Å². The Kier molecular flexibility index (Phi) is 3.06. The minimum atomic E-state index is 0.247. The van der Waals surface area contributed by atoms with Gasteiger partial charge in [-0.25, -0.2) is 4.98 Å². The Balaban J connectivity index is 1.79. The summed E-state index contributed by atoms with van der Waals surface area (Å²) in [5, 5.41) is 3.03. The molecule has 0 saturated carbocycles. The monoisotopic (exact) mass is 259 g/mol. The van der Waals surface area contributed by atoms with Crippen molar-refractivity contribution in [1.82, 2.24) is 9.97 Å². The molecule has 2 aromatic rings. The molecule has 1 aromatic carbocycles. The second-order valence-corrected chi connectivity index (χ2v) is 3.87. The fourth-order valence-electron chi connectivity index (χ4n) is 1.70. The highest BCUT2D eigenvalue weighted by Crippen LogP contribution is 2.36. The lowest BCUT2D eigenvalue weighted by Crippen LogP contribution is -2.02. The number of fused-ring (bicyclic) bond motifs is 1. The molecule has 0 unspecified atom stereocenters. The highest BCUT2D eigenvalue weighted by Gasteiger charge is 2.14. The van der Waals surface area contributed by atoms with Gasteiger partial charge in [0.15, 0.2) is 11.5 Å². The third kappa shape index (κ3) is 2.52. The molecule has 0 amide bonds. The molecule has 2 heterocycles. The summed E-state index contributed by atoms with van der Waals surface area (Å²) in [5.74, 6) is 3.07. The molecule has 98 valence electrons. The van der Waals surface area contributed by atoms with Crippen LogP contribution in [0.2, 0.25) is 0 Å². The molecule has 0 atom stereocenters. The van der Waals surface area contributed by atoms with E-state index in [1.165, 1.54) is 0 Å². The minimum absolute atomic E-state index is 0.247. The first kappa shape index (κ1) is 11.6. The summed E-state index contributed by atoms with van der Waals surface area (Å²) in [6.45, 7) is 2.99. The van der Waals surface area contributed by atoms with E-state index < -0.39 is 0 Å². The van der Waals surface area contributed by atoms with Gasteiger partial charge in [-0.15, -0.1) is 0 Å². The van der Waals surface area contributed by atoms with Gasteiger partial charge in [0.2, 0.25) is 18.6 Å². The smallest absolute Gasteiger partial charge is 0.231 e. The van der Waals surface area contributed by atoms with Crippen molar-refractivity contribution in [2.45, 2.75) is 6.92 Å². The van der Waals surface area contributed by atoms with E-state index >= 15 is 0 Å². The van der Waals surface area contributed by atoms with Crippen molar-refractivity contribution in [2.75, 3.05) is 18.7 Å². The van der Waals surface area contributed by atoms with E-state index in [-0.39, 0.29) is 6.79 Å². The molecule has 6 nitrogen and oxygen atoms in total. The quantitative estimate of drug-likeness (QED) is 0.909. The summed E-state index contributed by atoms with van der Waals surface area (Å²) in [7, 11) is 0. The molecule has 0 saturated heterocycles. The predicted molar refractivity (Wildman–Crippen MR) is 68.8 cm³/mol. The summed E-state index contributed by atoms with van der Waals surface area (Å²) in [6, 6.07) is 7.09. The summed E-state index contributed by atoms with van der Waals surface area (Å²) < 4.78 is 16.2. The number of aromatic nitrogens is 2. The van der Waals surface area contributed by atoms with Crippen molar-refractivity contribution in [3.63, 3.8) is 0 Å². The van der Waals surface area contributed by atoms with Gasteiger partial charge in [-0.2, -0.15) is 4.98 Å². The number of ether oxygens (including phenoxy) is 3. The van der Waals surface area contributed by atoms with Crippen LogP contribution in [0.1, 0.15) is 6.92 Å². The Hall–Kier alpha value is -2.50. The van der Waals surface area contributed by atoms with Crippen LogP contribution in [-0.2, 0) is 0 Å². The zero-order valence-corrected chi connectivity index (χ0v) is 10.4. The first-order valence-electron chi connectivity index (χ1n) is 5.99. The van der Waals surface area contributed by atoms with Crippen LogP contribution in [0.3, 0.4) is 0 Å². The van der Waals surface area contributed by atoms with Crippen LogP contribution in [0.5, 0.6) is 23.1 Å². The van der Waals surface area contributed by atoms with Gasteiger partial charge < -0.3 is 19.5 Å². The van der Waals surface area contributed by atoms with Crippen LogP contribution >= 0.6 is 0 Å². The third-order valence-corrected chi connectivity index (χ3v) is 2.53. The Labute approximate surface area is 110 Å². The Morgan fingerprint density at radius 2 is 2.16 bits per heavy atom. The molecule has 1 N–H and O–H groups in total. The average molecular weight is 259 g/mol. The van der Waals surface area contributed by atoms with E-state index in [9.17, 15) is 0 Å². The first-order valence-corrected chi connectivity index (χ1v) is 5.99. The second kappa shape index (κ2) is 5.01. The predicted octanol–water partition coefficient (Wildman–Crippen LogP) is 2.43. The Bertz CT molecular complexity index is 589. The van der Waals surface area contributed by atoms with Crippen LogP contribution in [0.4, 0.5) is 5.95 Å². The molecule has 0 bridgehead atoms. The number of rotatable bonds is 4. The van der Waals surface area contributed by atoms with Crippen molar-refractivity contribution in [2.24, 2.45) is 0 Å². The van der Waals surface area contributed by atoms with E-state index in [4.69, 9.17) is 14.2 Å². The van der Waals surface area contributed by atoms with Gasteiger partial charge in [0, 0.05) is 24.9 Å². The number of nitrogens with one attached hydrogen (secondary N) is 1. The van der Waals surface area contributed by atoms with Crippen LogP contribution < -0.4 is 19.5 Å². The van der Waals surface area contributed by atoms with Gasteiger partial charge in [-0.05, 0) is 19.1 Å². The standard InChI is InChI=1S/C13H13N3O3/c1-2-14-13-15-6-5-12(16-13)19-9-3-4-10-11(7-9)18-8-17-10/h3-7H,2,8H2,1H3,(H,14,15,16). The molecular weight excluding hydrogens is 246 g/mol. The van der Waals surface area contributed by atoms with Crippen molar-refractivity contribution < 1.29 is 14.2 Å². The van der Waals surface area contributed by atoms with E-state index in [2.05, 4.69) is 15.3 Å². The van der Waals surface area contributed by atoms with Crippen LogP contribution in [0.15, 0.2) is 30.5 Å². The Morgan fingerprint density at radius 1 is 1.26 bits per heavy atom. The van der Waals surface area contributed by atoms with Gasteiger partial charge in [0.25, 0.3) is 0 Å². The lowest BCUT2D eigenvalue weighted by atomic mass is 10.3. The SMILES string of the molecule is CCNc1nccc(Oc2ccc3c(c2)OCO3)n1. The number of anilines is 1. The fraction of sp³-hybridized carbons (Fsp3) is 0.231. The summed E-state index contributed by atoms with van der Waals surface area (Å²) in [5.41, 5.74) is 0. The molecule has 1 aliphatic rings. The van der Waals surface area contributed by atoms with Crippen LogP contribution in [0, 0.1) is 0 Å². The minimum Gasteiger partial charge on any atom is -0.454 e. The number of benzene rings is 1. The lowest BCUT2D eigenvalue weighted by Gasteiger charge is -2.07. The zero-order valence-electron chi connectivity index (χ0n) is 10.4. The van der Waals surface area contributed by atoms with Gasteiger partial charge >= 0.3 is 0 Å².